The molecule has 1 saturated carbocycles. The van der Waals surface area contributed by atoms with Gasteiger partial charge in [-0.1, -0.05) is 41.8 Å². The molecule has 106 valence electrons. The van der Waals surface area contributed by atoms with Gasteiger partial charge in [0.1, 0.15) is 5.82 Å². The van der Waals surface area contributed by atoms with Gasteiger partial charge in [0, 0.05) is 10.0 Å². The number of nitrogens with two attached hydrogens (primary N) is 1. The van der Waals surface area contributed by atoms with Gasteiger partial charge in [0.25, 0.3) is 0 Å². The second-order valence-corrected chi connectivity index (χ2v) is 6.92. The van der Waals surface area contributed by atoms with E-state index in [1.54, 1.807) is 0 Å². The zero-order chi connectivity index (χ0) is 13.9. The molecule has 19 heavy (non-hydrogen) atoms. The van der Waals surface area contributed by atoms with Gasteiger partial charge in [-0.05, 0) is 55.7 Å². The summed E-state index contributed by atoms with van der Waals surface area (Å²) < 4.78 is 14.7. The van der Waals surface area contributed by atoms with Crippen molar-refractivity contribution in [3.05, 3.63) is 34.1 Å². The normalized spacial score (nSPS) is 27.5. The van der Waals surface area contributed by atoms with Gasteiger partial charge in [-0.2, -0.15) is 0 Å². The summed E-state index contributed by atoms with van der Waals surface area (Å²) in [6, 6.07) is 5.28. The van der Waals surface area contributed by atoms with Crippen LogP contribution in [0.3, 0.4) is 0 Å². The molecule has 0 aliphatic heterocycles. The highest BCUT2D eigenvalue weighted by Crippen LogP contribution is 2.35. The number of halogens is 2. The average molecular weight is 328 g/mol. The van der Waals surface area contributed by atoms with Crippen LogP contribution in [0.5, 0.6) is 0 Å². The van der Waals surface area contributed by atoms with Gasteiger partial charge in [0.2, 0.25) is 0 Å². The van der Waals surface area contributed by atoms with E-state index < -0.39 is 0 Å². The molecule has 1 aliphatic carbocycles. The van der Waals surface area contributed by atoms with Crippen molar-refractivity contribution < 1.29 is 4.39 Å². The van der Waals surface area contributed by atoms with Crippen LogP contribution in [-0.2, 0) is 6.42 Å². The van der Waals surface area contributed by atoms with Gasteiger partial charge in [-0.25, -0.2) is 4.39 Å². The first-order chi connectivity index (χ1) is 9.02. The Bertz CT molecular complexity index is 425. The van der Waals surface area contributed by atoms with Crippen LogP contribution in [-0.4, -0.2) is 5.54 Å². The maximum atomic E-state index is 13.9. The second kappa shape index (κ2) is 6.36. The van der Waals surface area contributed by atoms with E-state index in [0.717, 1.165) is 28.8 Å². The van der Waals surface area contributed by atoms with E-state index in [1.165, 1.54) is 31.7 Å². The van der Waals surface area contributed by atoms with Crippen LogP contribution in [0.15, 0.2) is 22.7 Å². The van der Waals surface area contributed by atoms with Gasteiger partial charge in [-0.3, -0.25) is 0 Å². The molecule has 1 aliphatic rings. The highest BCUT2D eigenvalue weighted by Gasteiger charge is 2.32. The van der Waals surface area contributed by atoms with E-state index in [9.17, 15) is 4.39 Å². The van der Waals surface area contributed by atoms with Crippen LogP contribution >= 0.6 is 15.9 Å². The third-order valence-electron chi connectivity index (χ3n) is 4.36. The van der Waals surface area contributed by atoms with Crippen molar-refractivity contribution in [2.45, 2.75) is 57.4 Å². The van der Waals surface area contributed by atoms with Crippen molar-refractivity contribution in [1.29, 1.82) is 0 Å². The van der Waals surface area contributed by atoms with E-state index in [-0.39, 0.29) is 11.4 Å². The lowest BCUT2D eigenvalue weighted by molar-refractivity contribution is 0.222. The van der Waals surface area contributed by atoms with E-state index in [0.29, 0.717) is 6.42 Å². The van der Waals surface area contributed by atoms with Crippen molar-refractivity contribution in [1.82, 2.24) is 0 Å². The third-order valence-corrected chi connectivity index (χ3v) is 4.85. The Morgan fingerprint density at radius 2 is 2.05 bits per heavy atom. The lowest BCUT2D eigenvalue weighted by Gasteiger charge is -2.37. The minimum Gasteiger partial charge on any atom is -0.325 e. The van der Waals surface area contributed by atoms with Gasteiger partial charge < -0.3 is 5.73 Å². The van der Waals surface area contributed by atoms with Gasteiger partial charge in [0.05, 0.1) is 0 Å². The zero-order valence-corrected chi connectivity index (χ0v) is 13.2. The maximum Gasteiger partial charge on any atom is 0.127 e. The molecule has 1 aromatic carbocycles. The molecule has 1 aromatic rings. The molecule has 0 bridgehead atoms. The van der Waals surface area contributed by atoms with E-state index >= 15 is 0 Å². The lowest BCUT2D eigenvalue weighted by Crippen LogP contribution is -2.45. The van der Waals surface area contributed by atoms with Gasteiger partial charge >= 0.3 is 0 Å². The second-order valence-electron chi connectivity index (χ2n) is 6.01. The average Bonchev–Trinajstić information content (AvgIpc) is 2.36. The molecule has 0 atom stereocenters. The predicted octanol–water partition coefficient (Wildman–Crippen LogP) is 4.82. The lowest BCUT2D eigenvalue weighted by atomic mass is 9.73. The molecule has 2 rings (SSSR count). The summed E-state index contributed by atoms with van der Waals surface area (Å²) in [6.07, 6.45) is 7.66. The number of benzene rings is 1. The Hall–Kier alpha value is -0.410. The molecule has 0 heterocycles. The van der Waals surface area contributed by atoms with Crippen molar-refractivity contribution in [2.24, 2.45) is 11.7 Å². The van der Waals surface area contributed by atoms with Crippen molar-refractivity contribution in [3.8, 4) is 0 Å². The molecule has 0 amide bonds. The summed E-state index contributed by atoms with van der Waals surface area (Å²) in [4.78, 5) is 0. The monoisotopic (exact) mass is 327 g/mol. The molecule has 3 heteroatoms. The predicted molar refractivity (Wildman–Crippen MR) is 81.6 cm³/mol. The summed E-state index contributed by atoms with van der Waals surface area (Å²) >= 11 is 3.29. The Morgan fingerprint density at radius 3 is 2.63 bits per heavy atom. The molecule has 2 N–H and O–H groups in total. The molecule has 0 spiro atoms. The van der Waals surface area contributed by atoms with Crippen LogP contribution in [0.25, 0.3) is 0 Å². The van der Waals surface area contributed by atoms with Crippen LogP contribution in [0.1, 0.15) is 51.0 Å². The summed E-state index contributed by atoms with van der Waals surface area (Å²) in [7, 11) is 0. The molecule has 0 radical (unpaired) electrons. The van der Waals surface area contributed by atoms with Crippen molar-refractivity contribution in [3.63, 3.8) is 0 Å². The highest BCUT2D eigenvalue weighted by atomic mass is 79.9. The fourth-order valence-corrected chi connectivity index (χ4v) is 3.50. The van der Waals surface area contributed by atoms with E-state index in [4.69, 9.17) is 5.73 Å². The third kappa shape index (κ3) is 4.03. The van der Waals surface area contributed by atoms with E-state index in [2.05, 4.69) is 22.9 Å². The Balaban J connectivity index is 1.99. The highest BCUT2D eigenvalue weighted by molar-refractivity contribution is 9.10. The summed E-state index contributed by atoms with van der Waals surface area (Å²) in [6.45, 7) is 2.24. The van der Waals surface area contributed by atoms with E-state index in [1.807, 2.05) is 12.1 Å². The molecule has 0 aromatic heterocycles. The molecular formula is C16H23BrFN. The molecule has 0 saturated heterocycles. The quantitative estimate of drug-likeness (QED) is 0.843. The van der Waals surface area contributed by atoms with Crippen LogP contribution in [0, 0.1) is 11.7 Å². The Labute approximate surface area is 123 Å². The first kappa shape index (κ1) is 15.0. The minimum atomic E-state index is -0.209. The van der Waals surface area contributed by atoms with Crippen molar-refractivity contribution in [2.75, 3.05) is 0 Å². The van der Waals surface area contributed by atoms with Crippen molar-refractivity contribution >= 4 is 15.9 Å². The smallest absolute Gasteiger partial charge is 0.127 e. The van der Waals surface area contributed by atoms with Gasteiger partial charge in [0.15, 0.2) is 0 Å². The number of rotatable bonds is 4. The summed E-state index contributed by atoms with van der Waals surface area (Å²) in [5.41, 5.74) is 7.02. The minimum absolute atomic E-state index is 0.144. The standard InChI is InChI=1S/C16H23BrFN/c1-2-3-12-6-8-16(19,9-7-12)11-13-4-5-14(17)10-15(13)18/h4-5,10,12H,2-3,6-9,11,19H2,1H3. The molecule has 1 nitrogen and oxygen atoms in total. The molecule has 1 fully saturated rings. The number of hydrogen-bond donors (Lipinski definition) is 1. The molecule has 0 unspecified atom stereocenters. The Morgan fingerprint density at radius 1 is 1.37 bits per heavy atom. The van der Waals surface area contributed by atoms with Crippen LogP contribution in [0.4, 0.5) is 4.39 Å². The summed E-state index contributed by atoms with van der Waals surface area (Å²) in [5, 5.41) is 0. The first-order valence-electron chi connectivity index (χ1n) is 7.25. The van der Waals surface area contributed by atoms with Crippen LogP contribution in [0.2, 0.25) is 0 Å². The first-order valence-corrected chi connectivity index (χ1v) is 8.04. The Kier molecular flexibility index (Phi) is 5.02. The SMILES string of the molecule is CCCC1CCC(N)(Cc2ccc(Br)cc2F)CC1. The zero-order valence-electron chi connectivity index (χ0n) is 11.6. The van der Waals surface area contributed by atoms with Crippen LogP contribution < -0.4 is 5.73 Å². The maximum absolute atomic E-state index is 13.9. The molecular weight excluding hydrogens is 305 g/mol. The fraction of sp³-hybridized carbons (Fsp3) is 0.625. The summed E-state index contributed by atoms with van der Waals surface area (Å²) in [5.74, 6) is 0.686. The number of hydrogen-bond acceptors (Lipinski definition) is 1. The topological polar surface area (TPSA) is 26.0 Å². The fourth-order valence-electron chi connectivity index (χ4n) is 3.17. The van der Waals surface area contributed by atoms with Gasteiger partial charge in [-0.15, -0.1) is 0 Å². The largest absolute Gasteiger partial charge is 0.325 e.